The highest BCUT2D eigenvalue weighted by Crippen LogP contribution is 2.29. The number of hydrogen-bond acceptors (Lipinski definition) is 2. The molecule has 0 aliphatic rings. The summed E-state index contributed by atoms with van der Waals surface area (Å²) in [4.78, 5) is 20.2. The number of anilines is 1. The van der Waals surface area contributed by atoms with Gasteiger partial charge < -0.3 is 0 Å². The summed E-state index contributed by atoms with van der Waals surface area (Å²) in [5, 5.41) is 0. The van der Waals surface area contributed by atoms with Gasteiger partial charge in [0.15, 0.2) is 0 Å². The number of pyridine rings is 1. The summed E-state index contributed by atoms with van der Waals surface area (Å²) in [7, 11) is 0. The van der Waals surface area contributed by atoms with Crippen molar-refractivity contribution in [1.29, 1.82) is 0 Å². The molecule has 0 N–H and O–H groups in total. The molecule has 0 bridgehead atoms. The van der Waals surface area contributed by atoms with Crippen LogP contribution in [0.2, 0.25) is 0 Å². The average Bonchev–Trinajstić information content (AvgIpc) is 2.80. The van der Waals surface area contributed by atoms with Gasteiger partial charge in [-0.25, -0.2) is 4.98 Å². The molecule has 142 valence electrons. The van der Waals surface area contributed by atoms with Crippen molar-refractivity contribution in [2.45, 2.75) is 12.5 Å². The van der Waals surface area contributed by atoms with Crippen LogP contribution in [0.1, 0.15) is 22.6 Å². The summed E-state index contributed by atoms with van der Waals surface area (Å²) in [5.74, 6) is 0.256. The summed E-state index contributed by atoms with van der Waals surface area (Å²) in [5.41, 5.74) is 3.00. The van der Waals surface area contributed by atoms with Crippen LogP contribution in [0.15, 0.2) is 115 Å². The second-order valence-corrected chi connectivity index (χ2v) is 6.85. The number of rotatable bonds is 6. The number of amides is 1. The maximum atomic E-state index is 13.9. The number of carbonyl (C=O) groups excluding carboxylic acids is 1. The van der Waals surface area contributed by atoms with Crippen molar-refractivity contribution in [3.8, 4) is 0 Å². The van der Waals surface area contributed by atoms with E-state index in [4.69, 9.17) is 0 Å². The van der Waals surface area contributed by atoms with Gasteiger partial charge in [-0.3, -0.25) is 9.69 Å². The lowest BCUT2D eigenvalue weighted by molar-refractivity contribution is -0.119. The van der Waals surface area contributed by atoms with Gasteiger partial charge in [-0.1, -0.05) is 97.1 Å². The van der Waals surface area contributed by atoms with Gasteiger partial charge in [0.2, 0.25) is 5.91 Å². The van der Waals surface area contributed by atoms with Gasteiger partial charge in [0.25, 0.3) is 0 Å². The zero-order valence-corrected chi connectivity index (χ0v) is 16.1. The molecule has 4 aromatic rings. The highest BCUT2D eigenvalue weighted by Gasteiger charge is 2.29. The van der Waals surface area contributed by atoms with Crippen molar-refractivity contribution in [3.63, 3.8) is 0 Å². The molecular weight excluding hydrogens is 356 g/mol. The molecule has 0 atom stereocenters. The summed E-state index contributed by atoms with van der Waals surface area (Å²) in [6.45, 7) is 0.465. The molecule has 1 heterocycles. The molecule has 1 aromatic heterocycles. The fourth-order valence-electron chi connectivity index (χ4n) is 3.48. The van der Waals surface area contributed by atoms with E-state index in [9.17, 15) is 4.79 Å². The Kier molecular flexibility index (Phi) is 5.77. The molecule has 1 amide bonds. The van der Waals surface area contributed by atoms with Gasteiger partial charge in [-0.05, 0) is 28.8 Å². The minimum atomic E-state index is -0.400. The SMILES string of the molecule is O=C(C(c1ccccc1)c1ccccc1)N(Cc1ccccc1)c1ccccn1. The van der Waals surface area contributed by atoms with Gasteiger partial charge in [-0.2, -0.15) is 0 Å². The molecule has 3 aromatic carbocycles. The van der Waals surface area contributed by atoms with E-state index in [2.05, 4.69) is 4.98 Å². The van der Waals surface area contributed by atoms with Crippen LogP contribution in [0.5, 0.6) is 0 Å². The van der Waals surface area contributed by atoms with E-state index in [-0.39, 0.29) is 5.91 Å². The Morgan fingerprint density at radius 1 is 0.690 bits per heavy atom. The topological polar surface area (TPSA) is 33.2 Å². The second kappa shape index (κ2) is 8.98. The molecule has 29 heavy (non-hydrogen) atoms. The third-order valence-electron chi connectivity index (χ3n) is 4.89. The maximum Gasteiger partial charge on any atom is 0.240 e. The lowest BCUT2D eigenvalue weighted by Gasteiger charge is -2.27. The van der Waals surface area contributed by atoms with E-state index < -0.39 is 5.92 Å². The Morgan fingerprint density at radius 3 is 1.72 bits per heavy atom. The number of carbonyl (C=O) groups is 1. The maximum absolute atomic E-state index is 13.9. The monoisotopic (exact) mass is 378 g/mol. The summed E-state index contributed by atoms with van der Waals surface area (Å²) in [6, 6.07) is 35.5. The van der Waals surface area contributed by atoms with Gasteiger partial charge in [0, 0.05) is 6.20 Å². The average molecular weight is 378 g/mol. The van der Waals surface area contributed by atoms with Crippen LogP contribution in [0.3, 0.4) is 0 Å². The van der Waals surface area contributed by atoms with Crippen molar-refractivity contribution in [2.24, 2.45) is 0 Å². The molecule has 3 heteroatoms. The van der Waals surface area contributed by atoms with Crippen molar-refractivity contribution in [1.82, 2.24) is 4.98 Å². The molecular formula is C26H22N2O. The number of aromatic nitrogens is 1. The van der Waals surface area contributed by atoms with E-state index in [0.717, 1.165) is 16.7 Å². The van der Waals surface area contributed by atoms with Gasteiger partial charge in [-0.15, -0.1) is 0 Å². The zero-order chi connectivity index (χ0) is 19.9. The molecule has 0 fully saturated rings. The number of benzene rings is 3. The fourth-order valence-corrected chi connectivity index (χ4v) is 3.48. The third kappa shape index (κ3) is 4.41. The van der Waals surface area contributed by atoms with Gasteiger partial charge in [0.1, 0.15) is 5.82 Å². The molecule has 0 aliphatic heterocycles. The van der Waals surface area contributed by atoms with Crippen LogP contribution in [0.25, 0.3) is 0 Å². The van der Waals surface area contributed by atoms with E-state index in [0.29, 0.717) is 12.4 Å². The Bertz CT molecular complexity index is 996. The summed E-state index contributed by atoms with van der Waals surface area (Å²) >= 11 is 0. The quantitative estimate of drug-likeness (QED) is 0.447. The molecule has 4 rings (SSSR count). The minimum Gasteiger partial charge on any atom is -0.292 e. The molecule has 0 saturated carbocycles. The van der Waals surface area contributed by atoms with Crippen molar-refractivity contribution in [3.05, 3.63) is 132 Å². The first-order chi connectivity index (χ1) is 14.3. The van der Waals surface area contributed by atoms with Crippen LogP contribution in [-0.4, -0.2) is 10.9 Å². The molecule has 0 radical (unpaired) electrons. The van der Waals surface area contributed by atoms with Crippen LogP contribution >= 0.6 is 0 Å². The summed E-state index contributed by atoms with van der Waals surface area (Å²) in [6.07, 6.45) is 1.72. The van der Waals surface area contributed by atoms with Gasteiger partial charge >= 0.3 is 0 Å². The predicted octanol–water partition coefficient (Wildman–Crippen LogP) is 5.45. The second-order valence-electron chi connectivity index (χ2n) is 6.85. The Labute approximate surface area is 171 Å². The van der Waals surface area contributed by atoms with Crippen LogP contribution in [0.4, 0.5) is 5.82 Å². The first kappa shape index (κ1) is 18.6. The third-order valence-corrected chi connectivity index (χ3v) is 4.89. The van der Waals surface area contributed by atoms with Crippen LogP contribution < -0.4 is 4.90 Å². The largest absolute Gasteiger partial charge is 0.292 e. The first-order valence-electron chi connectivity index (χ1n) is 9.69. The zero-order valence-electron chi connectivity index (χ0n) is 16.1. The molecule has 0 saturated heterocycles. The molecule has 3 nitrogen and oxygen atoms in total. The Hall–Kier alpha value is -3.72. The lowest BCUT2D eigenvalue weighted by Crippen LogP contribution is -2.36. The van der Waals surface area contributed by atoms with Crippen LogP contribution in [-0.2, 0) is 11.3 Å². The van der Waals surface area contributed by atoms with E-state index >= 15 is 0 Å². The normalized spacial score (nSPS) is 10.7. The van der Waals surface area contributed by atoms with E-state index in [1.54, 1.807) is 11.1 Å². The highest BCUT2D eigenvalue weighted by molar-refractivity contribution is 5.99. The number of hydrogen-bond donors (Lipinski definition) is 0. The van der Waals surface area contributed by atoms with Crippen molar-refractivity contribution < 1.29 is 4.79 Å². The van der Waals surface area contributed by atoms with Crippen molar-refractivity contribution >= 4 is 11.7 Å². The minimum absolute atomic E-state index is 0.00459. The fraction of sp³-hybridized carbons (Fsp3) is 0.0769. The Morgan fingerprint density at radius 2 is 1.21 bits per heavy atom. The van der Waals surface area contributed by atoms with E-state index in [1.807, 2.05) is 109 Å². The highest BCUT2D eigenvalue weighted by atomic mass is 16.2. The van der Waals surface area contributed by atoms with Gasteiger partial charge in [0.05, 0.1) is 12.5 Å². The molecule has 0 aliphatic carbocycles. The molecule has 0 spiro atoms. The predicted molar refractivity (Wildman–Crippen MR) is 117 cm³/mol. The Balaban J connectivity index is 1.78. The first-order valence-corrected chi connectivity index (χ1v) is 9.69. The lowest BCUT2D eigenvalue weighted by atomic mass is 9.90. The standard InChI is InChI=1S/C26H22N2O/c29-26(25(22-14-6-2-7-15-22)23-16-8-3-9-17-23)28(24-18-10-11-19-27-24)20-21-12-4-1-5-13-21/h1-19,25H,20H2. The van der Waals surface area contributed by atoms with E-state index in [1.165, 1.54) is 0 Å². The smallest absolute Gasteiger partial charge is 0.240 e. The van der Waals surface area contributed by atoms with Crippen LogP contribution in [0, 0.1) is 0 Å². The number of nitrogens with zero attached hydrogens (tertiary/aromatic N) is 2. The van der Waals surface area contributed by atoms with Crippen molar-refractivity contribution in [2.75, 3.05) is 4.90 Å². The molecule has 0 unspecified atom stereocenters. The summed E-state index contributed by atoms with van der Waals surface area (Å²) < 4.78 is 0.